The quantitative estimate of drug-likeness (QED) is 0.207. The number of aliphatic hydroxyl groups is 1. The van der Waals surface area contributed by atoms with Crippen molar-refractivity contribution in [1.29, 1.82) is 0 Å². The lowest BCUT2D eigenvalue weighted by molar-refractivity contribution is -0.384. The number of rotatable bonds is 5. The van der Waals surface area contributed by atoms with Crippen molar-refractivity contribution in [3.8, 4) is 0 Å². The van der Waals surface area contributed by atoms with Crippen LogP contribution in [0, 0.1) is 10.1 Å². The Bertz CT molecular complexity index is 1220. The van der Waals surface area contributed by atoms with E-state index in [0.717, 1.165) is 6.07 Å². The van der Waals surface area contributed by atoms with E-state index in [2.05, 4.69) is 0 Å². The normalized spacial score (nSPS) is 17.8. The van der Waals surface area contributed by atoms with Crippen LogP contribution >= 0.6 is 11.6 Å². The molecule has 2 aromatic carbocycles. The molecule has 1 unspecified atom stereocenters. The number of benzene rings is 2. The molecule has 156 valence electrons. The Balaban J connectivity index is 1.90. The highest BCUT2D eigenvalue weighted by atomic mass is 35.5. The van der Waals surface area contributed by atoms with E-state index in [0.29, 0.717) is 16.3 Å². The number of nitrogens with zero attached hydrogens (tertiary/aromatic N) is 2. The van der Waals surface area contributed by atoms with Gasteiger partial charge in [0.15, 0.2) is 0 Å². The van der Waals surface area contributed by atoms with Crippen LogP contribution in [0.2, 0.25) is 5.02 Å². The molecule has 1 N–H and O–H groups in total. The van der Waals surface area contributed by atoms with Gasteiger partial charge >= 0.3 is 0 Å². The van der Waals surface area contributed by atoms with Crippen LogP contribution < -0.4 is 0 Å². The van der Waals surface area contributed by atoms with Crippen LogP contribution in [0.5, 0.6) is 0 Å². The molecule has 0 radical (unpaired) electrons. The van der Waals surface area contributed by atoms with E-state index in [1.165, 1.54) is 29.4 Å². The molecular formula is C22H15ClN2O6. The van der Waals surface area contributed by atoms with Gasteiger partial charge in [0.1, 0.15) is 11.5 Å². The topological polar surface area (TPSA) is 114 Å². The van der Waals surface area contributed by atoms with E-state index in [1.54, 1.807) is 36.4 Å². The molecule has 1 amide bonds. The Labute approximate surface area is 181 Å². The van der Waals surface area contributed by atoms with E-state index in [9.17, 15) is 24.8 Å². The van der Waals surface area contributed by atoms with Gasteiger partial charge in [-0.15, -0.1) is 0 Å². The summed E-state index contributed by atoms with van der Waals surface area (Å²) in [5, 5.41) is 22.4. The molecule has 8 nitrogen and oxygen atoms in total. The fourth-order valence-corrected chi connectivity index (χ4v) is 3.80. The van der Waals surface area contributed by atoms with Gasteiger partial charge in [0.2, 0.25) is 0 Å². The summed E-state index contributed by atoms with van der Waals surface area (Å²) in [5.74, 6) is -1.84. The van der Waals surface area contributed by atoms with Crippen molar-refractivity contribution in [2.24, 2.45) is 0 Å². The number of nitro benzene ring substituents is 1. The fourth-order valence-electron chi connectivity index (χ4n) is 3.56. The van der Waals surface area contributed by atoms with E-state index >= 15 is 0 Å². The van der Waals surface area contributed by atoms with Crippen molar-refractivity contribution in [2.45, 2.75) is 12.6 Å². The first-order chi connectivity index (χ1) is 14.9. The summed E-state index contributed by atoms with van der Waals surface area (Å²) in [6.45, 7) is -0.0286. The molecule has 2 heterocycles. The third-order valence-corrected chi connectivity index (χ3v) is 5.32. The summed E-state index contributed by atoms with van der Waals surface area (Å²) in [7, 11) is 0. The molecule has 31 heavy (non-hydrogen) atoms. The number of aliphatic hydroxyl groups excluding tert-OH is 1. The molecule has 3 aromatic rings. The first kappa shape index (κ1) is 20.4. The summed E-state index contributed by atoms with van der Waals surface area (Å²) in [6.07, 6.45) is 1.44. The maximum Gasteiger partial charge on any atom is 0.296 e. The van der Waals surface area contributed by atoms with Crippen LogP contribution in [-0.4, -0.2) is 26.6 Å². The lowest BCUT2D eigenvalue weighted by atomic mass is 9.95. The first-order valence-corrected chi connectivity index (χ1v) is 9.56. The maximum absolute atomic E-state index is 13.0. The third-order valence-electron chi connectivity index (χ3n) is 4.98. The van der Waals surface area contributed by atoms with Crippen LogP contribution in [0.1, 0.15) is 22.9 Å². The molecule has 1 atom stereocenters. The van der Waals surface area contributed by atoms with Gasteiger partial charge in [-0.1, -0.05) is 41.9 Å². The van der Waals surface area contributed by atoms with Gasteiger partial charge in [-0.25, -0.2) is 0 Å². The van der Waals surface area contributed by atoms with Crippen LogP contribution in [0.3, 0.4) is 0 Å². The number of amides is 1. The van der Waals surface area contributed by atoms with E-state index in [-0.39, 0.29) is 23.4 Å². The van der Waals surface area contributed by atoms with Gasteiger partial charge in [0.25, 0.3) is 17.4 Å². The lowest BCUT2D eigenvalue weighted by Crippen LogP contribution is -2.29. The molecule has 0 spiro atoms. The first-order valence-electron chi connectivity index (χ1n) is 9.18. The minimum atomic E-state index is -1.00. The SMILES string of the molecule is O=C1C(=O)N(Cc2ccco2)C(c2ccccc2Cl)/C1=C(\O)c1cccc([N+](=O)[O-])c1. The molecule has 0 bridgehead atoms. The van der Waals surface area contributed by atoms with E-state index in [4.69, 9.17) is 16.0 Å². The van der Waals surface area contributed by atoms with Gasteiger partial charge in [-0.2, -0.15) is 0 Å². The molecule has 0 saturated carbocycles. The average Bonchev–Trinajstić information content (AvgIpc) is 3.36. The smallest absolute Gasteiger partial charge is 0.296 e. The van der Waals surface area contributed by atoms with Gasteiger partial charge in [0, 0.05) is 22.7 Å². The minimum Gasteiger partial charge on any atom is -0.507 e. The number of halogens is 1. The Morgan fingerprint density at radius 3 is 2.58 bits per heavy atom. The second kappa shape index (κ2) is 8.08. The summed E-state index contributed by atoms with van der Waals surface area (Å²) >= 11 is 6.36. The summed E-state index contributed by atoms with van der Waals surface area (Å²) in [5.41, 5.74) is 0.0115. The molecular weight excluding hydrogens is 424 g/mol. The average molecular weight is 439 g/mol. The van der Waals surface area contributed by atoms with Gasteiger partial charge in [-0.3, -0.25) is 19.7 Å². The Hall–Kier alpha value is -3.91. The summed E-state index contributed by atoms with van der Waals surface area (Å²) in [4.78, 5) is 37.6. The number of likely N-dealkylation sites (tertiary alicyclic amines) is 1. The number of hydrogen-bond acceptors (Lipinski definition) is 6. The Morgan fingerprint density at radius 2 is 1.90 bits per heavy atom. The maximum atomic E-state index is 13.0. The van der Waals surface area contributed by atoms with E-state index in [1.807, 2.05) is 0 Å². The number of carbonyl (C=O) groups excluding carboxylic acids is 2. The monoisotopic (exact) mass is 438 g/mol. The number of carbonyl (C=O) groups is 2. The van der Waals surface area contributed by atoms with Crippen LogP contribution in [0.15, 0.2) is 76.9 Å². The highest BCUT2D eigenvalue weighted by Gasteiger charge is 2.47. The summed E-state index contributed by atoms with van der Waals surface area (Å²) < 4.78 is 5.32. The molecule has 9 heteroatoms. The summed E-state index contributed by atoms with van der Waals surface area (Å²) in [6, 6.07) is 14.2. The molecule has 1 aliphatic rings. The predicted molar refractivity (Wildman–Crippen MR) is 111 cm³/mol. The van der Waals surface area contributed by atoms with E-state index < -0.39 is 28.4 Å². The van der Waals surface area contributed by atoms with Gasteiger partial charge in [0.05, 0.1) is 29.3 Å². The minimum absolute atomic E-state index is 0.0286. The highest BCUT2D eigenvalue weighted by molar-refractivity contribution is 6.46. The van der Waals surface area contributed by atoms with Gasteiger partial charge < -0.3 is 14.4 Å². The van der Waals surface area contributed by atoms with Crippen molar-refractivity contribution >= 4 is 34.7 Å². The number of nitro groups is 1. The number of hydrogen-bond donors (Lipinski definition) is 1. The van der Waals surface area contributed by atoms with Crippen molar-refractivity contribution in [3.63, 3.8) is 0 Å². The molecule has 1 fully saturated rings. The van der Waals surface area contributed by atoms with Gasteiger partial charge in [-0.05, 0) is 23.8 Å². The zero-order valence-electron chi connectivity index (χ0n) is 15.9. The second-order valence-corrected chi connectivity index (χ2v) is 7.24. The van der Waals surface area contributed by atoms with Crippen molar-refractivity contribution in [3.05, 3.63) is 105 Å². The van der Waals surface area contributed by atoms with Crippen molar-refractivity contribution < 1.29 is 24.0 Å². The fraction of sp³-hybridized carbons (Fsp3) is 0.0909. The Morgan fingerprint density at radius 1 is 1.13 bits per heavy atom. The zero-order valence-corrected chi connectivity index (χ0v) is 16.7. The standard InChI is InChI=1S/C22H15ClN2O6/c23-17-9-2-1-8-16(17)19-18(20(26)13-5-3-6-14(11-13)25(29)30)21(27)22(28)24(19)12-15-7-4-10-31-15/h1-11,19,26H,12H2/b20-18+. The van der Waals surface area contributed by atoms with Crippen molar-refractivity contribution in [2.75, 3.05) is 0 Å². The zero-order chi connectivity index (χ0) is 22.1. The number of furan rings is 1. The highest BCUT2D eigenvalue weighted by Crippen LogP contribution is 2.42. The molecule has 1 aliphatic heterocycles. The van der Waals surface area contributed by atoms with Crippen LogP contribution in [0.25, 0.3) is 5.76 Å². The van der Waals surface area contributed by atoms with Crippen molar-refractivity contribution in [1.82, 2.24) is 4.90 Å². The molecule has 1 aromatic heterocycles. The number of ketones is 1. The van der Waals surface area contributed by atoms with Crippen LogP contribution in [-0.2, 0) is 16.1 Å². The Kier molecular flexibility index (Phi) is 5.31. The number of Topliss-reactive ketones (excluding diaryl/α,β-unsaturated/α-hetero) is 1. The largest absolute Gasteiger partial charge is 0.507 e. The molecule has 4 rings (SSSR count). The molecule has 1 saturated heterocycles. The molecule has 0 aliphatic carbocycles. The lowest BCUT2D eigenvalue weighted by Gasteiger charge is -2.25. The van der Waals surface area contributed by atoms with Crippen LogP contribution in [0.4, 0.5) is 5.69 Å². The third kappa shape index (κ3) is 3.69. The predicted octanol–water partition coefficient (Wildman–Crippen LogP) is 4.46. The number of non-ortho nitro benzene ring substituents is 1. The second-order valence-electron chi connectivity index (χ2n) is 6.84.